The highest BCUT2D eigenvalue weighted by atomic mass is 32.1. The zero-order chi connectivity index (χ0) is 24.1. The molecule has 0 saturated carbocycles. The molecule has 3 aromatic rings. The van der Waals surface area contributed by atoms with Crippen LogP contribution in [-0.4, -0.2) is 58.7 Å². The van der Waals surface area contributed by atoms with E-state index in [1.807, 2.05) is 36.4 Å². The van der Waals surface area contributed by atoms with Gasteiger partial charge in [-0.3, -0.25) is 14.6 Å². The summed E-state index contributed by atoms with van der Waals surface area (Å²) in [5, 5.41) is 11.8. The van der Waals surface area contributed by atoms with E-state index in [9.17, 15) is 14.4 Å². The smallest absolute Gasteiger partial charge is 0.407 e. The van der Waals surface area contributed by atoms with Crippen LogP contribution in [-0.2, 0) is 20.7 Å². The average Bonchev–Trinajstić information content (AvgIpc) is 3.46. The summed E-state index contributed by atoms with van der Waals surface area (Å²) in [5.41, 5.74) is 6.06. The van der Waals surface area contributed by atoms with Crippen LogP contribution in [0.2, 0.25) is 0 Å². The van der Waals surface area contributed by atoms with Crippen LogP contribution < -0.4 is 5.32 Å². The molecule has 0 saturated heterocycles. The zero-order valence-electron chi connectivity index (χ0n) is 18.6. The van der Waals surface area contributed by atoms with E-state index in [4.69, 9.17) is 9.84 Å². The number of carbonyl (C=O) groups excluding carboxylic acids is 2. The number of likely N-dealkylation sites (N-methyl/N-ethyl adjacent to an activating group) is 1. The number of alkyl carbamates (subject to hydrolysis) is 1. The second-order valence-electron chi connectivity index (χ2n) is 7.94. The molecule has 1 aromatic heterocycles. The first-order valence-corrected chi connectivity index (χ1v) is 11.8. The van der Waals surface area contributed by atoms with Gasteiger partial charge in [0.15, 0.2) is 0 Å². The zero-order valence-corrected chi connectivity index (χ0v) is 19.5. The van der Waals surface area contributed by atoms with Crippen LogP contribution in [0, 0.1) is 0 Å². The molecular formula is C25H25N3O5S. The van der Waals surface area contributed by atoms with Crippen molar-refractivity contribution in [3.05, 3.63) is 76.2 Å². The van der Waals surface area contributed by atoms with Crippen LogP contribution >= 0.6 is 11.3 Å². The van der Waals surface area contributed by atoms with Gasteiger partial charge in [-0.05, 0) is 29.2 Å². The van der Waals surface area contributed by atoms with Gasteiger partial charge in [0, 0.05) is 30.0 Å². The lowest BCUT2D eigenvalue weighted by molar-refractivity contribution is -0.145. The number of hydrogen-bond acceptors (Lipinski definition) is 6. The highest BCUT2D eigenvalue weighted by Gasteiger charge is 2.31. The quantitative estimate of drug-likeness (QED) is 0.486. The van der Waals surface area contributed by atoms with Gasteiger partial charge >= 0.3 is 12.1 Å². The highest BCUT2D eigenvalue weighted by Crippen LogP contribution is 2.44. The van der Waals surface area contributed by atoms with Gasteiger partial charge in [-0.15, -0.1) is 11.3 Å². The van der Waals surface area contributed by atoms with Gasteiger partial charge < -0.3 is 20.1 Å². The Bertz CT molecular complexity index is 1140. The second kappa shape index (κ2) is 10.5. The molecule has 2 amide bonds. The maximum atomic E-state index is 13.0. The Balaban J connectivity index is 1.47. The number of fused-ring (bicyclic) bond motifs is 3. The summed E-state index contributed by atoms with van der Waals surface area (Å²) in [6, 6.07) is 15.1. The number of thiazole rings is 1. The molecule has 9 heteroatoms. The summed E-state index contributed by atoms with van der Waals surface area (Å²) in [5.74, 6) is -1.70. The molecular weight excluding hydrogens is 454 g/mol. The number of carbonyl (C=O) groups is 3. The highest BCUT2D eigenvalue weighted by molar-refractivity contribution is 7.09. The number of nitrogens with zero attached hydrogens (tertiary/aromatic N) is 2. The van der Waals surface area contributed by atoms with Crippen molar-refractivity contribution in [3.8, 4) is 11.1 Å². The Morgan fingerprint density at radius 2 is 1.76 bits per heavy atom. The molecule has 2 N–H and O–H groups in total. The first kappa shape index (κ1) is 23.4. The third kappa shape index (κ3) is 5.09. The molecule has 0 radical (unpaired) electrons. The minimum Gasteiger partial charge on any atom is -0.480 e. The van der Waals surface area contributed by atoms with E-state index in [0.29, 0.717) is 0 Å². The van der Waals surface area contributed by atoms with Crippen molar-refractivity contribution in [2.24, 2.45) is 0 Å². The fourth-order valence-electron chi connectivity index (χ4n) is 4.26. The Labute approximate surface area is 201 Å². The Morgan fingerprint density at radius 1 is 1.12 bits per heavy atom. The van der Waals surface area contributed by atoms with Crippen molar-refractivity contribution >= 4 is 29.3 Å². The third-order valence-electron chi connectivity index (χ3n) is 5.84. The molecule has 2 aromatic carbocycles. The van der Waals surface area contributed by atoms with Crippen molar-refractivity contribution in [3.63, 3.8) is 0 Å². The number of carboxylic acid groups (broad SMARTS) is 1. The first-order chi connectivity index (χ1) is 16.5. The van der Waals surface area contributed by atoms with Gasteiger partial charge in [0.05, 0.1) is 5.51 Å². The van der Waals surface area contributed by atoms with E-state index in [1.54, 1.807) is 18.6 Å². The van der Waals surface area contributed by atoms with E-state index in [-0.39, 0.29) is 25.5 Å². The fourth-order valence-corrected chi connectivity index (χ4v) is 4.90. The molecule has 1 heterocycles. The lowest BCUT2D eigenvalue weighted by Gasteiger charge is -2.25. The second-order valence-corrected chi connectivity index (χ2v) is 8.91. The van der Waals surface area contributed by atoms with Crippen molar-refractivity contribution in [2.45, 2.75) is 25.3 Å². The average molecular weight is 480 g/mol. The summed E-state index contributed by atoms with van der Waals surface area (Å²) in [6.45, 7) is 1.57. The van der Waals surface area contributed by atoms with Gasteiger partial charge in [-0.25, -0.2) is 4.79 Å². The van der Waals surface area contributed by atoms with Gasteiger partial charge in [-0.1, -0.05) is 48.5 Å². The van der Waals surface area contributed by atoms with Crippen molar-refractivity contribution < 1.29 is 24.2 Å². The van der Waals surface area contributed by atoms with Crippen molar-refractivity contribution in [1.82, 2.24) is 15.2 Å². The molecule has 0 aliphatic heterocycles. The number of carboxylic acids is 1. The van der Waals surface area contributed by atoms with Crippen molar-refractivity contribution in [1.29, 1.82) is 0 Å². The first-order valence-electron chi connectivity index (χ1n) is 11.0. The number of aliphatic carboxylic acids is 1. The summed E-state index contributed by atoms with van der Waals surface area (Å²) in [6.07, 6.45) is 1.10. The molecule has 1 aliphatic rings. The van der Waals surface area contributed by atoms with Crippen LogP contribution in [0.15, 0.2) is 60.2 Å². The Morgan fingerprint density at radius 3 is 2.32 bits per heavy atom. The summed E-state index contributed by atoms with van der Waals surface area (Å²) in [7, 11) is 0. The SMILES string of the molecule is CCN(CC(=O)O)C(=O)C(Cc1cncs1)NC(=O)OCC1c2ccccc2-c2ccccc21. The molecule has 0 fully saturated rings. The predicted molar refractivity (Wildman–Crippen MR) is 128 cm³/mol. The van der Waals surface area contributed by atoms with E-state index < -0.39 is 30.6 Å². The molecule has 176 valence electrons. The largest absolute Gasteiger partial charge is 0.480 e. The number of aromatic nitrogens is 1. The van der Waals surface area contributed by atoms with E-state index in [2.05, 4.69) is 22.4 Å². The van der Waals surface area contributed by atoms with Crippen molar-refractivity contribution in [2.75, 3.05) is 19.7 Å². The monoisotopic (exact) mass is 479 g/mol. The minimum atomic E-state index is -1.12. The molecule has 0 bridgehead atoms. The maximum Gasteiger partial charge on any atom is 0.407 e. The normalized spacial score (nSPS) is 13.0. The van der Waals surface area contributed by atoms with Gasteiger partial charge in [0.1, 0.15) is 19.2 Å². The number of hydrogen-bond donors (Lipinski definition) is 2. The third-order valence-corrected chi connectivity index (χ3v) is 6.64. The lowest BCUT2D eigenvalue weighted by Crippen LogP contribution is -2.51. The lowest BCUT2D eigenvalue weighted by atomic mass is 9.98. The minimum absolute atomic E-state index is 0.104. The van der Waals surface area contributed by atoms with Crippen LogP contribution in [0.5, 0.6) is 0 Å². The number of nitrogens with one attached hydrogen (secondary N) is 1. The Hall–Kier alpha value is -3.72. The summed E-state index contributed by atoms with van der Waals surface area (Å²) in [4.78, 5) is 43.0. The molecule has 0 spiro atoms. The topological polar surface area (TPSA) is 109 Å². The van der Waals surface area contributed by atoms with Crippen LogP contribution in [0.3, 0.4) is 0 Å². The number of ether oxygens (including phenoxy) is 1. The molecule has 1 atom stereocenters. The summed E-state index contributed by atoms with van der Waals surface area (Å²) < 4.78 is 5.58. The number of rotatable bonds is 9. The van der Waals surface area contributed by atoms with Gasteiger partial charge in [0.2, 0.25) is 5.91 Å². The molecule has 8 nitrogen and oxygen atoms in total. The molecule has 1 aliphatic carbocycles. The van der Waals surface area contributed by atoms with Crippen LogP contribution in [0.1, 0.15) is 28.8 Å². The van der Waals surface area contributed by atoms with E-state index in [1.165, 1.54) is 16.2 Å². The van der Waals surface area contributed by atoms with E-state index >= 15 is 0 Å². The fraction of sp³-hybridized carbons (Fsp3) is 0.280. The predicted octanol–water partition coefficient (Wildman–Crippen LogP) is 3.53. The molecule has 34 heavy (non-hydrogen) atoms. The molecule has 1 unspecified atom stereocenters. The summed E-state index contributed by atoms with van der Waals surface area (Å²) >= 11 is 1.36. The number of amides is 2. The standard InChI is InChI=1S/C25H25N3O5S/c1-2-28(13-23(29)30)24(31)22(11-16-12-26-15-34-16)27-25(32)33-14-21-19-9-5-3-7-17(19)18-8-4-6-10-20(18)21/h3-10,12,15,21-22H,2,11,13-14H2,1H3,(H,27,32)(H,29,30). The van der Waals surface area contributed by atoms with Gasteiger partial charge in [0.25, 0.3) is 0 Å². The Kier molecular flexibility index (Phi) is 7.22. The molecule has 4 rings (SSSR count). The van der Waals surface area contributed by atoms with Gasteiger partial charge in [-0.2, -0.15) is 0 Å². The number of benzene rings is 2. The van der Waals surface area contributed by atoms with Crippen LogP contribution in [0.4, 0.5) is 4.79 Å². The van der Waals surface area contributed by atoms with Crippen LogP contribution in [0.25, 0.3) is 11.1 Å². The maximum absolute atomic E-state index is 13.0. The van der Waals surface area contributed by atoms with E-state index in [0.717, 1.165) is 27.1 Å².